The van der Waals surface area contributed by atoms with E-state index in [9.17, 15) is 0 Å². The molecule has 0 aromatic rings. The molecule has 1 saturated heterocycles. The molecule has 0 unspecified atom stereocenters. The number of aliphatic imine (C=N–C) groups is 1. The first-order valence-electron chi connectivity index (χ1n) is 6.31. The van der Waals surface area contributed by atoms with E-state index in [1.54, 1.807) is 7.05 Å². The Morgan fingerprint density at radius 2 is 2.00 bits per heavy atom. The van der Waals surface area contributed by atoms with Crippen LogP contribution in [0.15, 0.2) is 4.99 Å². The van der Waals surface area contributed by atoms with Gasteiger partial charge in [0.15, 0.2) is 5.96 Å². The van der Waals surface area contributed by atoms with Crippen LogP contribution in [0.25, 0.3) is 0 Å². The summed E-state index contributed by atoms with van der Waals surface area (Å²) in [6, 6.07) is 0. The molecule has 0 saturated carbocycles. The number of hydrogen-bond acceptors (Lipinski definition) is 3. The summed E-state index contributed by atoms with van der Waals surface area (Å²) in [6.45, 7) is 9.32. The molecule has 0 radical (unpaired) electrons. The quantitative estimate of drug-likeness (QED) is 0.323. The fourth-order valence-corrected chi connectivity index (χ4v) is 1.94. The van der Waals surface area contributed by atoms with Crippen molar-refractivity contribution in [1.82, 2.24) is 15.5 Å². The molecule has 6 heteroatoms. The molecule has 110 valence electrons. The Hall–Kier alpha value is -0.520. The van der Waals surface area contributed by atoms with Crippen molar-refractivity contribution in [1.29, 1.82) is 0 Å². The van der Waals surface area contributed by atoms with Gasteiger partial charge in [0.2, 0.25) is 0 Å². The van der Waals surface area contributed by atoms with Crippen molar-refractivity contribution >= 4 is 29.9 Å². The molecule has 2 N–H and O–H groups in total. The summed E-state index contributed by atoms with van der Waals surface area (Å²) >= 11 is 0. The van der Waals surface area contributed by atoms with Crippen LogP contribution in [0, 0.1) is 12.3 Å². The summed E-state index contributed by atoms with van der Waals surface area (Å²) in [5.74, 6) is 3.28. The number of nitrogens with one attached hydrogen (secondary N) is 2. The average molecular weight is 380 g/mol. The lowest BCUT2D eigenvalue weighted by Crippen LogP contribution is -2.56. The molecule has 0 aromatic heterocycles. The molecule has 0 amide bonds. The highest BCUT2D eigenvalue weighted by atomic mass is 127. The summed E-state index contributed by atoms with van der Waals surface area (Å²) in [5, 5.41) is 6.36. The van der Waals surface area contributed by atoms with E-state index in [2.05, 4.69) is 40.3 Å². The van der Waals surface area contributed by atoms with Gasteiger partial charge in [0.05, 0.1) is 19.8 Å². The average Bonchev–Trinajstić information content (AvgIpc) is 2.40. The number of halogens is 1. The van der Waals surface area contributed by atoms with Gasteiger partial charge in [-0.25, -0.2) is 0 Å². The predicted octanol–water partition coefficient (Wildman–Crippen LogP) is 0.513. The number of rotatable bonds is 4. The Bertz CT molecular complexity index is 319. The molecule has 5 nitrogen and oxygen atoms in total. The van der Waals surface area contributed by atoms with Crippen molar-refractivity contribution in [2.24, 2.45) is 4.99 Å². The van der Waals surface area contributed by atoms with E-state index in [4.69, 9.17) is 11.2 Å². The Kier molecular flexibility index (Phi) is 9.14. The van der Waals surface area contributed by atoms with Crippen LogP contribution in [0.2, 0.25) is 0 Å². The van der Waals surface area contributed by atoms with Gasteiger partial charge in [0.25, 0.3) is 0 Å². The highest BCUT2D eigenvalue weighted by molar-refractivity contribution is 14.0. The van der Waals surface area contributed by atoms with Crippen LogP contribution in [0.1, 0.15) is 13.8 Å². The maximum atomic E-state index is 5.37. The first kappa shape index (κ1) is 18.5. The van der Waals surface area contributed by atoms with Crippen molar-refractivity contribution in [3.8, 4) is 12.3 Å². The summed E-state index contributed by atoms with van der Waals surface area (Å²) < 4.78 is 5.37. The lowest BCUT2D eigenvalue weighted by atomic mass is 10.0. The van der Waals surface area contributed by atoms with Gasteiger partial charge in [-0.15, -0.1) is 30.4 Å². The Morgan fingerprint density at radius 1 is 1.37 bits per heavy atom. The molecule has 19 heavy (non-hydrogen) atoms. The molecule has 1 fully saturated rings. The molecular formula is C13H25IN4O. The normalized spacial score (nSPS) is 17.3. The molecule has 0 aromatic carbocycles. The molecule has 0 bridgehead atoms. The summed E-state index contributed by atoms with van der Waals surface area (Å²) in [5.41, 5.74) is 0.0670. The van der Waals surface area contributed by atoms with Gasteiger partial charge in [0, 0.05) is 32.2 Å². The van der Waals surface area contributed by atoms with Gasteiger partial charge in [0.1, 0.15) is 0 Å². The molecular weight excluding hydrogens is 355 g/mol. The van der Waals surface area contributed by atoms with E-state index in [1.165, 1.54) is 0 Å². The second-order valence-corrected chi connectivity index (χ2v) is 4.90. The van der Waals surface area contributed by atoms with E-state index in [0.717, 1.165) is 38.8 Å². The smallest absolute Gasteiger partial charge is 0.191 e. The summed E-state index contributed by atoms with van der Waals surface area (Å²) in [6.07, 6.45) is 5.21. The van der Waals surface area contributed by atoms with Gasteiger partial charge < -0.3 is 15.4 Å². The molecule has 1 aliphatic rings. The minimum Gasteiger partial charge on any atom is -0.379 e. The van der Waals surface area contributed by atoms with Gasteiger partial charge in [-0.1, -0.05) is 5.92 Å². The Morgan fingerprint density at radius 3 is 2.53 bits per heavy atom. The molecule has 1 heterocycles. The second kappa shape index (κ2) is 9.39. The van der Waals surface area contributed by atoms with E-state index in [-0.39, 0.29) is 29.5 Å². The number of guanidine groups is 1. The SMILES string of the molecule is C#CCNC(=NC)NCC(C)(C)N1CCOCC1.I. The minimum absolute atomic E-state index is 0. The van der Waals surface area contributed by atoms with Gasteiger partial charge in [-0.3, -0.25) is 9.89 Å². The van der Waals surface area contributed by atoms with Crippen LogP contribution in [-0.4, -0.2) is 62.8 Å². The van der Waals surface area contributed by atoms with Gasteiger partial charge >= 0.3 is 0 Å². The molecule has 1 aliphatic heterocycles. The minimum atomic E-state index is 0. The zero-order chi connectivity index (χ0) is 13.4. The van der Waals surface area contributed by atoms with Crippen LogP contribution in [-0.2, 0) is 4.74 Å². The van der Waals surface area contributed by atoms with E-state index in [1.807, 2.05) is 0 Å². The van der Waals surface area contributed by atoms with E-state index < -0.39 is 0 Å². The maximum absolute atomic E-state index is 5.37. The summed E-state index contributed by atoms with van der Waals surface area (Å²) in [7, 11) is 1.74. The lowest BCUT2D eigenvalue weighted by molar-refractivity contribution is -0.00833. The Labute approximate surface area is 133 Å². The van der Waals surface area contributed by atoms with Crippen molar-refractivity contribution in [3.05, 3.63) is 0 Å². The molecule has 0 spiro atoms. The van der Waals surface area contributed by atoms with Crippen molar-refractivity contribution in [2.75, 3.05) is 46.4 Å². The first-order valence-corrected chi connectivity index (χ1v) is 6.31. The number of hydrogen-bond donors (Lipinski definition) is 2. The summed E-state index contributed by atoms with van der Waals surface area (Å²) in [4.78, 5) is 6.56. The Balaban J connectivity index is 0.00000324. The van der Waals surface area contributed by atoms with E-state index in [0.29, 0.717) is 6.54 Å². The number of ether oxygens (including phenoxy) is 1. The topological polar surface area (TPSA) is 48.9 Å². The number of nitrogens with zero attached hydrogens (tertiary/aromatic N) is 2. The third-order valence-corrected chi connectivity index (χ3v) is 3.14. The monoisotopic (exact) mass is 380 g/mol. The van der Waals surface area contributed by atoms with Gasteiger partial charge in [-0.2, -0.15) is 0 Å². The fourth-order valence-electron chi connectivity index (χ4n) is 1.94. The molecule has 0 atom stereocenters. The maximum Gasteiger partial charge on any atom is 0.191 e. The van der Waals surface area contributed by atoms with Crippen LogP contribution in [0.4, 0.5) is 0 Å². The van der Waals surface area contributed by atoms with Crippen LogP contribution in [0.3, 0.4) is 0 Å². The van der Waals surface area contributed by atoms with Gasteiger partial charge in [-0.05, 0) is 13.8 Å². The molecule has 0 aliphatic carbocycles. The van der Waals surface area contributed by atoms with Crippen LogP contribution in [0.5, 0.6) is 0 Å². The van der Waals surface area contributed by atoms with Crippen molar-refractivity contribution < 1.29 is 4.74 Å². The molecule has 1 rings (SSSR count). The van der Waals surface area contributed by atoms with Crippen molar-refractivity contribution in [3.63, 3.8) is 0 Å². The van der Waals surface area contributed by atoms with E-state index >= 15 is 0 Å². The van der Waals surface area contributed by atoms with Crippen LogP contribution < -0.4 is 10.6 Å². The first-order chi connectivity index (χ1) is 8.60. The van der Waals surface area contributed by atoms with Crippen LogP contribution >= 0.6 is 24.0 Å². The highest BCUT2D eigenvalue weighted by Crippen LogP contribution is 2.14. The highest BCUT2D eigenvalue weighted by Gasteiger charge is 2.28. The lowest BCUT2D eigenvalue weighted by Gasteiger charge is -2.41. The zero-order valence-electron chi connectivity index (χ0n) is 12.0. The zero-order valence-corrected chi connectivity index (χ0v) is 14.4. The third kappa shape index (κ3) is 6.45. The second-order valence-electron chi connectivity index (χ2n) is 4.90. The standard InChI is InChI=1S/C13H24N4O.HI/c1-5-6-15-12(14-4)16-11-13(2,3)17-7-9-18-10-8-17;/h1H,6-11H2,2-4H3,(H2,14,15,16);1H. The predicted molar refractivity (Wildman–Crippen MR) is 90.1 cm³/mol. The fraction of sp³-hybridized carbons (Fsp3) is 0.769. The number of morpholine rings is 1. The third-order valence-electron chi connectivity index (χ3n) is 3.14. The number of terminal acetylenes is 1. The largest absolute Gasteiger partial charge is 0.379 e. The van der Waals surface area contributed by atoms with Crippen molar-refractivity contribution in [2.45, 2.75) is 19.4 Å².